The number of aromatic nitrogens is 6. The predicted octanol–water partition coefficient (Wildman–Crippen LogP) is 4.09. The molecule has 3 aromatic heterocycles. The number of rotatable bonds is 4. The van der Waals surface area contributed by atoms with Crippen LogP contribution in [0.25, 0.3) is 45.3 Å². The topological polar surface area (TPSA) is 120 Å². The molecule has 0 saturated carbocycles. The molecule has 1 aliphatic rings. The molecule has 0 saturated heterocycles. The van der Waals surface area contributed by atoms with Crippen LogP contribution < -0.4 is 0 Å². The lowest BCUT2D eigenvalue weighted by Crippen LogP contribution is -2.02. The maximum atomic E-state index is 11.3. The van der Waals surface area contributed by atoms with E-state index in [2.05, 4.69) is 25.3 Å². The fourth-order valence-electron chi connectivity index (χ4n) is 4.13. The van der Waals surface area contributed by atoms with Gasteiger partial charge in [-0.1, -0.05) is 47.6 Å². The maximum Gasteiger partial charge on any atom is 0.356 e. The summed E-state index contributed by atoms with van der Waals surface area (Å²) in [6, 6.07) is 15.7. The van der Waals surface area contributed by atoms with Crippen molar-refractivity contribution in [2.45, 2.75) is 13.5 Å². The molecule has 0 unspecified atom stereocenters. The van der Waals surface area contributed by atoms with E-state index in [0.717, 1.165) is 39.3 Å². The summed E-state index contributed by atoms with van der Waals surface area (Å²) in [5.41, 5.74) is 5.62. The highest BCUT2D eigenvalue weighted by Crippen LogP contribution is 2.39. The Hall–Kier alpha value is -4.66. The molecule has 1 aliphatic heterocycles. The molecule has 0 radical (unpaired) electrons. The standard InChI is InChI=1S/C24H16N6O3/c1-13-20(21(29-33-13)14-5-3-2-4-6-14)23-28-27-22-17-9-15(7-8-16(17)12-30(22)23)18-10-25-11-19(26-18)24(31)32/h2-11H,12H2,1H3,(H,31,32). The fourth-order valence-corrected chi connectivity index (χ4v) is 4.13. The van der Waals surface area contributed by atoms with Gasteiger partial charge in [0.1, 0.15) is 11.5 Å². The Balaban J connectivity index is 1.44. The van der Waals surface area contributed by atoms with Gasteiger partial charge in [-0.2, -0.15) is 0 Å². The minimum absolute atomic E-state index is 0.102. The molecule has 6 rings (SSSR count). The number of nitrogens with zero attached hydrogens (tertiary/aromatic N) is 6. The SMILES string of the molecule is Cc1onc(-c2ccccc2)c1-c1nnc2n1Cc1ccc(-c3cncc(C(=O)O)n3)cc1-2. The van der Waals surface area contributed by atoms with Crippen molar-refractivity contribution in [1.82, 2.24) is 29.9 Å². The molecule has 160 valence electrons. The second-order valence-corrected chi connectivity index (χ2v) is 7.73. The fraction of sp³-hybridized carbons (Fsp3) is 0.0833. The van der Waals surface area contributed by atoms with Crippen LogP contribution in [-0.2, 0) is 6.54 Å². The number of hydrogen-bond acceptors (Lipinski definition) is 7. The summed E-state index contributed by atoms with van der Waals surface area (Å²) in [5.74, 6) is 0.964. The largest absolute Gasteiger partial charge is 0.476 e. The molecule has 0 fully saturated rings. The first-order valence-electron chi connectivity index (χ1n) is 10.2. The van der Waals surface area contributed by atoms with Gasteiger partial charge in [0, 0.05) is 16.7 Å². The van der Waals surface area contributed by atoms with E-state index in [0.29, 0.717) is 23.8 Å². The smallest absolute Gasteiger partial charge is 0.356 e. The molecule has 5 aromatic rings. The van der Waals surface area contributed by atoms with Crippen LogP contribution in [0.15, 0.2) is 65.4 Å². The highest BCUT2D eigenvalue weighted by Gasteiger charge is 2.29. The van der Waals surface area contributed by atoms with E-state index in [1.165, 1.54) is 6.20 Å². The van der Waals surface area contributed by atoms with E-state index in [1.54, 1.807) is 6.20 Å². The molecule has 0 spiro atoms. The van der Waals surface area contributed by atoms with Crippen molar-refractivity contribution in [3.8, 4) is 45.3 Å². The number of hydrogen-bond donors (Lipinski definition) is 1. The summed E-state index contributed by atoms with van der Waals surface area (Å²) in [6.07, 6.45) is 2.78. The number of benzene rings is 2. The second-order valence-electron chi connectivity index (χ2n) is 7.73. The van der Waals surface area contributed by atoms with E-state index in [4.69, 9.17) is 4.52 Å². The Morgan fingerprint density at radius 2 is 1.85 bits per heavy atom. The Kier molecular flexibility index (Phi) is 4.16. The van der Waals surface area contributed by atoms with Crippen molar-refractivity contribution in [2.24, 2.45) is 0 Å². The minimum Gasteiger partial charge on any atom is -0.476 e. The predicted molar refractivity (Wildman–Crippen MR) is 118 cm³/mol. The number of carboxylic acids is 1. The lowest BCUT2D eigenvalue weighted by molar-refractivity contribution is 0.0690. The molecule has 0 aliphatic carbocycles. The zero-order valence-electron chi connectivity index (χ0n) is 17.4. The first-order chi connectivity index (χ1) is 16.1. The van der Waals surface area contributed by atoms with Crippen molar-refractivity contribution >= 4 is 5.97 Å². The van der Waals surface area contributed by atoms with E-state index in [1.807, 2.05) is 60.0 Å². The van der Waals surface area contributed by atoms with Gasteiger partial charge in [0.25, 0.3) is 0 Å². The molecule has 4 heterocycles. The first kappa shape index (κ1) is 19.1. The quantitative estimate of drug-likeness (QED) is 0.439. The highest BCUT2D eigenvalue weighted by molar-refractivity contribution is 5.86. The average Bonchev–Trinajstić information content (AvgIpc) is 3.52. The van der Waals surface area contributed by atoms with Crippen LogP contribution in [-0.4, -0.2) is 41.0 Å². The Labute approximate surface area is 187 Å². The van der Waals surface area contributed by atoms with Crippen LogP contribution in [0.2, 0.25) is 0 Å². The number of aromatic carboxylic acids is 1. The first-order valence-corrected chi connectivity index (χ1v) is 10.2. The van der Waals surface area contributed by atoms with Crippen LogP contribution in [0, 0.1) is 6.92 Å². The summed E-state index contributed by atoms with van der Waals surface area (Å²) in [5, 5.41) is 22.4. The third-order valence-corrected chi connectivity index (χ3v) is 5.71. The van der Waals surface area contributed by atoms with Crippen molar-refractivity contribution in [2.75, 3.05) is 0 Å². The van der Waals surface area contributed by atoms with E-state index < -0.39 is 5.97 Å². The Morgan fingerprint density at radius 3 is 2.67 bits per heavy atom. The molecular formula is C24H16N6O3. The van der Waals surface area contributed by atoms with Gasteiger partial charge in [0.15, 0.2) is 17.3 Å². The molecule has 9 nitrogen and oxygen atoms in total. The molecule has 0 bridgehead atoms. The zero-order chi connectivity index (χ0) is 22.5. The van der Waals surface area contributed by atoms with Gasteiger partial charge >= 0.3 is 5.97 Å². The van der Waals surface area contributed by atoms with Gasteiger partial charge in [0.05, 0.1) is 30.2 Å². The summed E-state index contributed by atoms with van der Waals surface area (Å²) in [7, 11) is 0. The number of carboxylic acid groups (broad SMARTS) is 1. The lowest BCUT2D eigenvalue weighted by Gasteiger charge is -2.05. The normalized spacial score (nSPS) is 11.9. The van der Waals surface area contributed by atoms with Crippen molar-refractivity contribution in [3.63, 3.8) is 0 Å². The molecule has 0 atom stereocenters. The number of aryl methyl sites for hydroxylation is 1. The van der Waals surface area contributed by atoms with Gasteiger partial charge in [-0.05, 0) is 18.6 Å². The maximum absolute atomic E-state index is 11.3. The van der Waals surface area contributed by atoms with Gasteiger partial charge in [-0.3, -0.25) is 4.98 Å². The van der Waals surface area contributed by atoms with Gasteiger partial charge in [0.2, 0.25) is 0 Å². The van der Waals surface area contributed by atoms with Crippen molar-refractivity contribution < 1.29 is 14.4 Å². The van der Waals surface area contributed by atoms with Crippen LogP contribution in [0.5, 0.6) is 0 Å². The molecule has 0 amide bonds. The summed E-state index contributed by atoms with van der Waals surface area (Å²) >= 11 is 0. The molecule has 2 aromatic carbocycles. The third-order valence-electron chi connectivity index (χ3n) is 5.71. The molecule has 33 heavy (non-hydrogen) atoms. The number of fused-ring (bicyclic) bond motifs is 3. The second kappa shape index (κ2) is 7.20. The lowest BCUT2D eigenvalue weighted by atomic mass is 10.0. The van der Waals surface area contributed by atoms with Crippen LogP contribution >= 0.6 is 0 Å². The van der Waals surface area contributed by atoms with Gasteiger partial charge < -0.3 is 14.2 Å². The molecular weight excluding hydrogens is 420 g/mol. The Bertz CT molecular complexity index is 1540. The molecule has 9 heteroatoms. The van der Waals surface area contributed by atoms with Gasteiger partial charge in [-0.25, -0.2) is 9.78 Å². The Morgan fingerprint density at radius 1 is 1.03 bits per heavy atom. The van der Waals surface area contributed by atoms with E-state index >= 15 is 0 Å². The number of carbonyl (C=O) groups is 1. The van der Waals surface area contributed by atoms with Crippen molar-refractivity contribution in [1.29, 1.82) is 0 Å². The minimum atomic E-state index is -1.12. The monoisotopic (exact) mass is 436 g/mol. The van der Waals surface area contributed by atoms with E-state index in [9.17, 15) is 9.90 Å². The summed E-state index contributed by atoms with van der Waals surface area (Å²) in [6.45, 7) is 2.47. The van der Waals surface area contributed by atoms with Crippen LogP contribution in [0.4, 0.5) is 0 Å². The van der Waals surface area contributed by atoms with E-state index in [-0.39, 0.29) is 5.69 Å². The average molecular weight is 436 g/mol. The zero-order valence-corrected chi connectivity index (χ0v) is 17.4. The van der Waals surface area contributed by atoms with Gasteiger partial charge in [-0.15, -0.1) is 10.2 Å². The third kappa shape index (κ3) is 3.01. The van der Waals surface area contributed by atoms with Crippen molar-refractivity contribution in [3.05, 3.63) is 77.9 Å². The van der Waals surface area contributed by atoms with Crippen LogP contribution in [0.3, 0.4) is 0 Å². The van der Waals surface area contributed by atoms with Crippen LogP contribution in [0.1, 0.15) is 21.8 Å². The summed E-state index contributed by atoms with van der Waals surface area (Å²) < 4.78 is 7.57. The summed E-state index contributed by atoms with van der Waals surface area (Å²) in [4.78, 5) is 19.5. The highest BCUT2D eigenvalue weighted by atomic mass is 16.5. The molecule has 1 N–H and O–H groups in total.